The van der Waals surface area contributed by atoms with Gasteiger partial charge in [0.1, 0.15) is 0 Å². The highest BCUT2D eigenvalue weighted by molar-refractivity contribution is 5.42. The normalized spacial score (nSPS) is 26.2. The average molecular weight is 306 g/mol. The summed E-state index contributed by atoms with van der Waals surface area (Å²) in [5, 5.41) is 11.0. The summed E-state index contributed by atoms with van der Waals surface area (Å²) in [6.07, 6.45) is 2.80. The molecular formula is C16H22N2O4. The molecule has 1 aromatic carbocycles. The fourth-order valence-electron chi connectivity index (χ4n) is 3.53. The van der Waals surface area contributed by atoms with Crippen LogP contribution in [0.3, 0.4) is 0 Å². The molecule has 6 nitrogen and oxygen atoms in total. The Balaban J connectivity index is 1.84. The quantitative estimate of drug-likeness (QED) is 0.487. The Kier molecular flexibility index (Phi) is 4.71. The van der Waals surface area contributed by atoms with Crippen molar-refractivity contribution in [1.29, 1.82) is 0 Å². The number of rotatable bonds is 3. The zero-order valence-electron chi connectivity index (χ0n) is 12.9. The van der Waals surface area contributed by atoms with Crippen molar-refractivity contribution >= 4 is 5.69 Å². The molecule has 1 aromatic rings. The largest absolute Gasteiger partial charge is 0.379 e. The van der Waals surface area contributed by atoms with Crippen LogP contribution in [-0.4, -0.2) is 49.3 Å². The number of fused-ring (bicyclic) bond motifs is 1. The van der Waals surface area contributed by atoms with Gasteiger partial charge in [0.05, 0.1) is 24.2 Å². The van der Waals surface area contributed by atoms with Crippen LogP contribution in [0, 0.1) is 10.1 Å². The van der Waals surface area contributed by atoms with E-state index >= 15 is 0 Å². The molecule has 1 aliphatic heterocycles. The molecule has 3 rings (SSSR count). The van der Waals surface area contributed by atoms with Crippen molar-refractivity contribution in [3.63, 3.8) is 0 Å². The Hall–Kier alpha value is -1.50. The highest BCUT2D eigenvalue weighted by atomic mass is 16.6. The maximum Gasteiger partial charge on any atom is 0.269 e. The van der Waals surface area contributed by atoms with Crippen LogP contribution in [0.2, 0.25) is 0 Å². The number of morpholine rings is 1. The zero-order valence-corrected chi connectivity index (χ0v) is 12.9. The molecule has 1 aliphatic carbocycles. The lowest BCUT2D eigenvalue weighted by Gasteiger charge is -2.35. The Bertz CT molecular complexity index is 543. The molecule has 1 fully saturated rings. The smallest absolute Gasteiger partial charge is 0.269 e. The van der Waals surface area contributed by atoms with Crippen LogP contribution in [0.1, 0.15) is 30.1 Å². The number of nitro benzene ring substituents is 1. The topological polar surface area (TPSA) is 64.8 Å². The Morgan fingerprint density at radius 1 is 1.36 bits per heavy atom. The fourth-order valence-corrected chi connectivity index (χ4v) is 3.53. The summed E-state index contributed by atoms with van der Waals surface area (Å²) in [6.45, 7) is 3.48. The summed E-state index contributed by atoms with van der Waals surface area (Å²) < 4.78 is 11.1. The summed E-state index contributed by atoms with van der Waals surface area (Å²) in [6, 6.07) is 5.62. The standard InChI is InChI=1S/C16H22N2O4/c1-21-16-11-13(17-6-8-22-9-7-17)4-2-12-3-5-14(18(19)20)10-15(12)16/h3,5,10,13,16H,2,4,6-9,11H2,1H3. The van der Waals surface area contributed by atoms with Gasteiger partial charge in [0.15, 0.2) is 0 Å². The summed E-state index contributed by atoms with van der Waals surface area (Å²) >= 11 is 0. The van der Waals surface area contributed by atoms with Crippen LogP contribution in [0.15, 0.2) is 18.2 Å². The molecule has 0 spiro atoms. The molecule has 0 radical (unpaired) electrons. The van der Waals surface area contributed by atoms with Crippen molar-refractivity contribution in [3.8, 4) is 0 Å². The van der Waals surface area contributed by atoms with Gasteiger partial charge in [-0.15, -0.1) is 0 Å². The lowest BCUT2D eigenvalue weighted by Crippen LogP contribution is -2.44. The van der Waals surface area contributed by atoms with E-state index in [1.165, 1.54) is 5.56 Å². The number of benzene rings is 1. The molecule has 1 saturated heterocycles. The van der Waals surface area contributed by atoms with Gasteiger partial charge in [-0.05, 0) is 30.4 Å². The zero-order chi connectivity index (χ0) is 15.5. The van der Waals surface area contributed by atoms with Crippen molar-refractivity contribution in [2.45, 2.75) is 31.4 Å². The molecule has 1 heterocycles. The third-order valence-electron chi connectivity index (χ3n) is 4.77. The van der Waals surface area contributed by atoms with Crippen molar-refractivity contribution < 1.29 is 14.4 Å². The van der Waals surface area contributed by atoms with Crippen LogP contribution >= 0.6 is 0 Å². The van der Waals surface area contributed by atoms with Gasteiger partial charge in [0.2, 0.25) is 0 Å². The Labute approximate surface area is 130 Å². The second-order valence-corrected chi connectivity index (χ2v) is 5.94. The van der Waals surface area contributed by atoms with Crippen LogP contribution in [0.5, 0.6) is 0 Å². The van der Waals surface area contributed by atoms with Crippen LogP contribution in [0.4, 0.5) is 5.69 Å². The maximum atomic E-state index is 11.0. The van der Waals surface area contributed by atoms with Crippen molar-refractivity contribution in [1.82, 2.24) is 4.90 Å². The monoisotopic (exact) mass is 306 g/mol. The molecule has 0 aromatic heterocycles. The van der Waals surface area contributed by atoms with Gasteiger partial charge in [-0.25, -0.2) is 0 Å². The lowest BCUT2D eigenvalue weighted by atomic mass is 10.00. The van der Waals surface area contributed by atoms with Crippen LogP contribution in [0.25, 0.3) is 0 Å². The summed E-state index contributed by atoms with van der Waals surface area (Å²) in [5.74, 6) is 0. The molecule has 2 aliphatic rings. The molecule has 120 valence electrons. The third-order valence-corrected chi connectivity index (χ3v) is 4.77. The van der Waals surface area contributed by atoms with Gasteiger partial charge in [0, 0.05) is 38.4 Å². The van der Waals surface area contributed by atoms with Crippen molar-refractivity contribution in [3.05, 3.63) is 39.4 Å². The Morgan fingerprint density at radius 3 is 2.82 bits per heavy atom. The predicted molar refractivity (Wildman–Crippen MR) is 82.0 cm³/mol. The Morgan fingerprint density at radius 2 is 2.14 bits per heavy atom. The molecule has 2 atom stereocenters. The van der Waals surface area contributed by atoms with Gasteiger partial charge in [-0.3, -0.25) is 15.0 Å². The third kappa shape index (κ3) is 3.14. The molecule has 0 N–H and O–H groups in total. The first-order chi connectivity index (χ1) is 10.7. The first-order valence-electron chi connectivity index (χ1n) is 7.81. The van der Waals surface area contributed by atoms with E-state index in [0.717, 1.165) is 51.1 Å². The number of aryl methyl sites for hydroxylation is 1. The van der Waals surface area contributed by atoms with Gasteiger partial charge >= 0.3 is 0 Å². The first kappa shape index (κ1) is 15.4. The second kappa shape index (κ2) is 6.73. The summed E-state index contributed by atoms with van der Waals surface area (Å²) in [5.41, 5.74) is 2.30. The minimum Gasteiger partial charge on any atom is -0.379 e. The van der Waals surface area contributed by atoms with Crippen molar-refractivity contribution in [2.24, 2.45) is 0 Å². The number of non-ortho nitro benzene ring substituents is 1. The predicted octanol–water partition coefficient (Wildman–Crippen LogP) is 2.32. The highest BCUT2D eigenvalue weighted by Gasteiger charge is 2.30. The second-order valence-electron chi connectivity index (χ2n) is 5.94. The number of nitrogens with zero attached hydrogens (tertiary/aromatic N) is 2. The number of hydrogen-bond donors (Lipinski definition) is 0. The molecule has 2 unspecified atom stereocenters. The minimum absolute atomic E-state index is 0.0785. The van der Waals surface area contributed by atoms with E-state index in [2.05, 4.69) is 4.90 Å². The first-order valence-corrected chi connectivity index (χ1v) is 7.81. The van der Waals surface area contributed by atoms with Gasteiger partial charge in [-0.1, -0.05) is 6.07 Å². The number of methoxy groups -OCH3 is 1. The number of nitro groups is 1. The highest BCUT2D eigenvalue weighted by Crippen LogP contribution is 2.35. The molecular weight excluding hydrogens is 284 g/mol. The van der Waals surface area contributed by atoms with E-state index in [1.807, 2.05) is 6.07 Å². The molecule has 6 heteroatoms. The van der Waals surface area contributed by atoms with E-state index in [0.29, 0.717) is 6.04 Å². The fraction of sp³-hybridized carbons (Fsp3) is 0.625. The van der Waals surface area contributed by atoms with Crippen LogP contribution < -0.4 is 0 Å². The molecule has 0 bridgehead atoms. The van der Waals surface area contributed by atoms with Gasteiger partial charge in [0.25, 0.3) is 5.69 Å². The van der Waals surface area contributed by atoms with Crippen molar-refractivity contribution in [2.75, 3.05) is 33.4 Å². The average Bonchev–Trinajstić information content (AvgIpc) is 2.74. The number of hydrogen-bond acceptors (Lipinski definition) is 5. The minimum atomic E-state index is -0.336. The molecule has 0 saturated carbocycles. The van der Waals surface area contributed by atoms with Gasteiger partial charge in [-0.2, -0.15) is 0 Å². The number of ether oxygens (including phenoxy) is 2. The van der Waals surface area contributed by atoms with E-state index in [1.54, 1.807) is 19.2 Å². The summed E-state index contributed by atoms with van der Waals surface area (Å²) in [7, 11) is 1.69. The van der Waals surface area contributed by atoms with E-state index in [4.69, 9.17) is 9.47 Å². The molecule has 22 heavy (non-hydrogen) atoms. The maximum absolute atomic E-state index is 11.0. The van der Waals surface area contributed by atoms with E-state index in [-0.39, 0.29) is 16.7 Å². The lowest BCUT2D eigenvalue weighted by molar-refractivity contribution is -0.385. The SMILES string of the molecule is COC1CC(N2CCOCC2)CCc2ccc([N+](=O)[O-])cc21. The van der Waals surface area contributed by atoms with Crippen LogP contribution in [-0.2, 0) is 15.9 Å². The van der Waals surface area contributed by atoms with E-state index < -0.39 is 0 Å². The molecule has 0 amide bonds. The van der Waals surface area contributed by atoms with E-state index in [9.17, 15) is 10.1 Å². The summed E-state index contributed by atoms with van der Waals surface area (Å²) in [4.78, 5) is 13.2. The van der Waals surface area contributed by atoms with Gasteiger partial charge < -0.3 is 9.47 Å².